The minimum absolute atomic E-state index is 0.385. The monoisotopic (exact) mass is 339 g/mol. The van der Waals surface area contributed by atoms with Crippen LogP contribution in [-0.4, -0.2) is 18.1 Å². The normalized spacial score (nSPS) is 10.2. The highest BCUT2D eigenvalue weighted by Gasteiger charge is 2.14. The Morgan fingerprint density at radius 3 is 2.54 bits per heavy atom. The molecule has 0 aliphatic heterocycles. The number of benzene rings is 2. The quantitative estimate of drug-likeness (QED) is 0.513. The lowest BCUT2D eigenvalue weighted by molar-refractivity contribution is 0.0735. The van der Waals surface area contributed by atoms with Gasteiger partial charge in [0, 0.05) is 23.0 Å². The lowest BCUT2D eigenvalue weighted by Gasteiger charge is -2.12. The molecular weight excluding hydrogens is 326 g/mol. The van der Waals surface area contributed by atoms with Gasteiger partial charge in [0.2, 0.25) is 0 Å². The van der Waals surface area contributed by atoms with Crippen LogP contribution in [0.5, 0.6) is 11.5 Å². The zero-order chi connectivity index (χ0) is 16.9. The average molecular weight is 340 g/mol. The van der Waals surface area contributed by atoms with Gasteiger partial charge in [-0.2, -0.15) is 0 Å². The van der Waals surface area contributed by atoms with E-state index in [0.717, 1.165) is 11.1 Å². The van der Waals surface area contributed by atoms with E-state index in [0.29, 0.717) is 22.1 Å². The summed E-state index contributed by atoms with van der Waals surface area (Å²) in [6.07, 6.45) is 3.07. The Morgan fingerprint density at radius 2 is 1.88 bits per heavy atom. The minimum atomic E-state index is -0.469. The van der Waals surface area contributed by atoms with Crippen molar-refractivity contribution in [2.75, 3.05) is 7.11 Å². The summed E-state index contributed by atoms with van der Waals surface area (Å²) in [7, 11) is 1.59. The molecule has 0 amide bonds. The Balaban J connectivity index is 1.98. The molecule has 0 atom stereocenters. The van der Waals surface area contributed by atoms with Gasteiger partial charge in [-0.15, -0.1) is 0 Å². The van der Waals surface area contributed by atoms with Crippen molar-refractivity contribution in [1.29, 1.82) is 0 Å². The summed E-state index contributed by atoms with van der Waals surface area (Å²) in [4.78, 5) is 16.2. The summed E-state index contributed by atoms with van der Waals surface area (Å²) in [6, 6.07) is 15.9. The van der Waals surface area contributed by atoms with Crippen molar-refractivity contribution in [3.8, 4) is 22.6 Å². The maximum atomic E-state index is 12.3. The van der Waals surface area contributed by atoms with Gasteiger partial charge in [-0.25, -0.2) is 4.79 Å². The van der Waals surface area contributed by atoms with Gasteiger partial charge < -0.3 is 9.47 Å². The summed E-state index contributed by atoms with van der Waals surface area (Å²) in [5, 5.41) is 0.635. The molecule has 0 aliphatic carbocycles. The van der Waals surface area contributed by atoms with E-state index in [4.69, 9.17) is 21.1 Å². The van der Waals surface area contributed by atoms with Gasteiger partial charge >= 0.3 is 5.97 Å². The van der Waals surface area contributed by atoms with Crippen LogP contribution in [0.4, 0.5) is 0 Å². The predicted octanol–water partition coefficient (Wildman–Crippen LogP) is 4.63. The van der Waals surface area contributed by atoms with Crippen LogP contribution >= 0.6 is 11.6 Å². The number of carbonyl (C=O) groups excluding carboxylic acids is 1. The van der Waals surface area contributed by atoms with E-state index >= 15 is 0 Å². The SMILES string of the molecule is COc1ccc(OC(=O)c2cccnc2)c(-c2ccc(Cl)cc2)c1. The highest BCUT2D eigenvalue weighted by molar-refractivity contribution is 6.30. The lowest BCUT2D eigenvalue weighted by Crippen LogP contribution is -2.09. The lowest BCUT2D eigenvalue weighted by atomic mass is 10.0. The van der Waals surface area contributed by atoms with Crippen LogP contribution in [0.25, 0.3) is 11.1 Å². The molecule has 3 aromatic rings. The summed E-state index contributed by atoms with van der Waals surface area (Å²) in [5.41, 5.74) is 1.99. The molecule has 5 heteroatoms. The molecule has 0 saturated heterocycles. The molecule has 24 heavy (non-hydrogen) atoms. The van der Waals surface area contributed by atoms with Crippen LogP contribution in [0.3, 0.4) is 0 Å². The maximum Gasteiger partial charge on any atom is 0.345 e. The van der Waals surface area contributed by atoms with Crippen LogP contribution in [-0.2, 0) is 0 Å². The third-order valence-electron chi connectivity index (χ3n) is 3.44. The number of rotatable bonds is 4. The number of nitrogens with zero attached hydrogens (tertiary/aromatic N) is 1. The molecule has 1 aromatic heterocycles. The summed E-state index contributed by atoms with van der Waals surface area (Å²) in [6.45, 7) is 0. The minimum Gasteiger partial charge on any atom is -0.497 e. The fourth-order valence-electron chi connectivity index (χ4n) is 2.22. The average Bonchev–Trinajstić information content (AvgIpc) is 2.63. The molecule has 0 spiro atoms. The zero-order valence-corrected chi connectivity index (χ0v) is 13.7. The highest BCUT2D eigenvalue weighted by Crippen LogP contribution is 2.34. The smallest absolute Gasteiger partial charge is 0.345 e. The first-order valence-corrected chi connectivity index (χ1v) is 7.61. The van der Waals surface area contributed by atoms with E-state index in [1.807, 2.05) is 18.2 Å². The summed E-state index contributed by atoms with van der Waals surface area (Å²) in [5.74, 6) is 0.636. The first-order valence-electron chi connectivity index (χ1n) is 7.23. The van der Waals surface area contributed by atoms with E-state index in [9.17, 15) is 4.79 Å². The van der Waals surface area contributed by atoms with Crippen molar-refractivity contribution in [1.82, 2.24) is 4.98 Å². The number of aromatic nitrogens is 1. The number of hydrogen-bond donors (Lipinski definition) is 0. The van der Waals surface area contributed by atoms with Gasteiger partial charge in [0.1, 0.15) is 11.5 Å². The molecule has 0 aliphatic rings. The molecule has 0 fully saturated rings. The third kappa shape index (κ3) is 3.55. The van der Waals surface area contributed by atoms with E-state index in [1.165, 1.54) is 6.20 Å². The Morgan fingerprint density at radius 1 is 1.08 bits per heavy atom. The second-order valence-corrected chi connectivity index (χ2v) is 5.44. The number of esters is 1. The number of carbonyl (C=O) groups is 1. The van der Waals surface area contributed by atoms with Crippen LogP contribution in [0.2, 0.25) is 5.02 Å². The van der Waals surface area contributed by atoms with Crippen molar-refractivity contribution in [3.63, 3.8) is 0 Å². The first-order chi connectivity index (χ1) is 11.7. The number of methoxy groups -OCH3 is 1. The molecule has 0 unspecified atom stereocenters. The Kier molecular flexibility index (Phi) is 4.77. The Bertz CT molecular complexity index is 848. The van der Waals surface area contributed by atoms with Gasteiger partial charge in [0.05, 0.1) is 12.7 Å². The van der Waals surface area contributed by atoms with Crippen molar-refractivity contribution >= 4 is 17.6 Å². The molecule has 4 nitrogen and oxygen atoms in total. The number of hydrogen-bond acceptors (Lipinski definition) is 4. The predicted molar refractivity (Wildman–Crippen MR) is 92.6 cm³/mol. The molecule has 0 radical (unpaired) electrons. The second kappa shape index (κ2) is 7.15. The molecule has 0 N–H and O–H groups in total. The van der Waals surface area contributed by atoms with Crippen molar-refractivity contribution < 1.29 is 14.3 Å². The third-order valence-corrected chi connectivity index (χ3v) is 3.69. The summed E-state index contributed by atoms with van der Waals surface area (Å²) >= 11 is 5.94. The van der Waals surface area contributed by atoms with E-state index in [2.05, 4.69) is 4.98 Å². The number of pyridine rings is 1. The maximum absolute atomic E-state index is 12.3. The Hall–Kier alpha value is -2.85. The molecule has 0 bridgehead atoms. The topological polar surface area (TPSA) is 48.4 Å². The van der Waals surface area contributed by atoms with Crippen molar-refractivity contribution in [2.24, 2.45) is 0 Å². The van der Waals surface area contributed by atoms with E-state index in [-0.39, 0.29) is 0 Å². The molecule has 2 aromatic carbocycles. The highest BCUT2D eigenvalue weighted by atomic mass is 35.5. The van der Waals surface area contributed by atoms with E-state index < -0.39 is 5.97 Å². The fourth-order valence-corrected chi connectivity index (χ4v) is 2.35. The van der Waals surface area contributed by atoms with Crippen molar-refractivity contribution in [2.45, 2.75) is 0 Å². The van der Waals surface area contributed by atoms with Crippen LogP contribution < -0.4 is 9.47 Å². The molecule has 120 valence electrons. The fraction of sp³-hybridized carbons (Fsp3) is 0.0526. The molecule has 1 heterocycles. The number of ether oxygens (including phenoxy) is 2. The second-order valence-electron chi connectivity index (χ2n) is 5.00. The van der Waals surface area contributed by atoms with Crippen molar-refractivity contribution in [3.05, 3.63) is 77.6 Å². The van der Waals surface area contributed by atoms with Gasteiger partial charge in [0.25, 0.3) is 0 Å². The molecule has 3 rings (SSSR count). The standard InChI is InChI=1S/C19H14ClNO3/c1-23-16-8-9-18(24-19(22)14-3-2-10-21-12-14)17(11-16)13-4-6-15(20)7-5-13/h2-12H,1H3. The van der Waals surface area contributed by atoms with Crippen LogP contribution in [0, 0.1) is 0 Å². The van der Waals surface area contributed by atoms with Gasteiger partial charge in [-0.05, 0) is 48.0 Å². The van der Waals surface area contributed by atoms with Gasteiger partial charge in [-0.3, -0.25) is 4.98 Å². The number of halogens is 1. The largest absolute Gasteiger partial charge is 0.497 e. The molecule has 0 saturated carbocycles. The summed E-state index contributed by atoms with van der Waals surface area (Å²) < 4.78 is 10.8. The van der Waals surface area contributed by atoms with Gasteiger partial charge in [0.15, 0.2) is 0 Å². The zero-order valence-electron chi connectivity index (χ0n) is 12.9. The van der Waals surface area contributed by atoms with Crippen LogP contribution in [0.15, 0.2) is 67.0 Å². The Labute approximate surface area is 144 Å². The van der Waals surface area contributed by atoms with Gasteiger partial charge in [-0.1, -0.05) is 23.7 Å². The molecular formula is C19H14ClNO3. The van der Waals surface area contributed by atoms with Crippen LogP contribution in [0.1, 0.15) is 10.4 Å². The van der Waals surface area contributed by atoms with E-state index in [1.54, 1.807) is 49.7 Å². The first kappa shape index (κ1) is 16.0.